The van der Waals surface area contributed by atoms with Crippen molar-refractivity contribution in [1.82, 2.24) is 5.48 Å². The van der Waals surface area contributed by atoms with Crippen LogP contribution in [0.1, 0.15) is 23.3 Å². The number of benzene rings is 1. The Labute approximate surface area is 78.7 Å². The number of amides is 1. The molecule has 0 bridgehead atoms. The summed E-state index contributed by atoms with van der Waals surface area (Å²) in [4.78, 5) is 15.6. The lowest BCUT2D eigenvalue weighted by atomic mass is 10.1. The lowest BCUT2D eigenvalue weighted by Gasteiger charge is -2.01. The van der Waals surface area contributed by atoms with Gasteiger partial charge in [0.1, 0.15) is 0 Å². The van der Waals surface area contributed by atoms with Crippen molar-refractivity contribution in [2.75, 3.05) is 7.11 Å². The average molecular weight is 181 g/mol. The summed E-state index contributed by atoms with van der Waals surface area (Å²) in [6, 6.07) is 7.27. The minimum absolute atomic E-state index is 0. The second-order valence-corrected chi connectivity index (χ2v) is 2.50. The Hall–Kier alpha value is -1.35. The third-order valence-electron chi connectivity index (χ3n) is 1.51. The van der Waals surface area contributed by atoms with Gasteiger partial charge < -0.3 is 0 Å². The van der Waals surface area contributed by atoms with E-state index in [4.69, 9.17) is 0 Å². The standard InChI is InChI=1S/C9H11NO2.CH4/c1-7-3-5-8(6-4-7)9(11)10-12-2;/h3-6H,1-2H3,(H,10,11);1H4. The van der Waals surface area contributed by atoms with Gasteiger partial charge in [0.15, 0.2) is 0 Å². The first kappa shape index (κ1) is 11.6. The topological polar surface area (TPSA) is 38.3 Å². The molecule has 0 aromatic heterocycles. The fraction of sp³-hybridized carbons (Fsp3) is 0.300. The van der Waals surface area contributed by atoms with Crippen LogP contribution in [0.4, 0.5) is 0 Å². The van der Waals surface area contributed by atoms with Crippen molar-refractivity contribution in [3.63, 3.8) is 0 Å². The van der Waals surface area contributed by atoms with Gasteiger partial charge in [0, 0.05) is 5.56 Å². The Balaban J connectivity index is 0.00000144. The van der Waals surface area contributed by atoms with E-state index < -0.39 is 0 Å². The van der Waals surface area contributed by atoms with Crippen LogP contribution < -0.4 is 5.48 Å². The summed E-state index contributed by atoms with van der Waals surface area (Å²) in [6.45, 7) is 1.97. The Kier molecular flexibility index (Phi) is 4.77. The van der Waals surface area contributed by atoms with E-state index in [1.807, 2.05) is 19.1 Å². The van der Waals surface area contributed by atoms with Crippen LogP contribution in [0.5, 0.6) is 0 Å². The van der Waals surface area contributed by atoms with Crippen LogP contribution in [0.25, 0.3) is 0 Å². The molecular weight excluding hydrogens is 166 g/mol. The molecule has 0 saturated heterocycles. The zero-order valence-corrected chi connectivity index (χ0v) is 7.13. The molecular formula is C10H15NO2. The highest BCUT2D eigenvalue weighted by Gasteiger charge is 2.02. The minimum Gasteiger partial charge on any atom is -0.277 e. The monoisotopic (exact) mass is 181 g/mol. The molecule has 3 heteroatoms. The molecule has 1 aromatic rings. The quantitative estimate of drug-likeness (QED) is 0.708. The smallest absolute Gasteiger partial charge is 0.274 e. The molecule has 0 fully saturated rings. The highest BCUT2D eigenvalue weighted by Crippen LogP contribution is 2.02. The van der Waals surface area contributed by atoms with Gasteiger partial charge in [0.2, 0.25) is 0 Å². The molecule has 0 aliphatic rings. The molecule has 1 N–H and O–H groups in total. The second-order valence-electron chi connectivity index (χ2n) is 2.50. The summed E-state index contributed by atoms with van der Waals surface area (Å²) >= 11 is 0. The van der Waals surface area contributed by atoms with E-state index >= 15 is 0 Å². The van der Waals surface area contributed by atoms with Gasteiger partial charge in [0.25, 0.3) is 5.91 Å². The molecule has 1 rings (SSSR count). The zero-order valence-electron chi connectivity index (χ0n) is 7.13. The molecule has 3 nitrogen and oxygen atoms in total. The van der Waals surface area contributed by atoms with Crippen LogP contribution in [0.3, 0.4) is 0 Å². The van der Waals surface area contributed by atoms with E-state index in [-0.39, 0.29) is 13.3 Å². The maximum Gasteiger partial charge on any atom is 0.274 e. The molecule has 72 valence electrons. The van der Waals surface area contributed by atoms with Crippen molar-refractivity contribution in [2.45, 2.75) is 14.4 Å². The van der Waals surface area contributed by atoms with Crippen LogP contribution in [0.15, 0.2) is 24.3 Å². The van der Waals surface area contributed by atoms with Gasteiger partial charge in [-0.05, 0) is 19.1 Å². The molecule has 1 aromatic carbocycles. The van der Waals surface area contributed by atoms with E-state index in [0.29, 0.717) is 5.56 Å². The first-order valence-electron chi connectivity index (χ1n) is 3.64. The van der Waals surface area contributed by atoms with E-state index in [1.165, 1.54) is 7.11 Å². The Bertz CT molecular complexity index is 267. The normalized spacial score (nSPS) is 8.77. The number of hydrogen-bond acceptors (Lipinski definition) is 2. The predicted octanol–water partition coefficient (Wildman–Crippen LogP) is 1.92. The Morgan fingerprint density at radius 3 is 2.31 bits per heavy atom. The van der Waals surface area contributed by atoms with Gasteiger partial charge in [-0.1, -0.05) is 25.1 Å². The molecule has 0 aliphatic carbocycles. The SMILES string of the molecule is C.CONC(=O)c1ccc(C)cc1. The van der Waals surface area contributed by atoms with E-state index in [0.717, 1.165) is 5.56 Å². The van der Waals surface area contributed by atoms with E-state index in [9.17, 15) is 4.79 Å². The van der Waals surface area contributed by atoms with Crippen molar-refractivity contribution in [1.29, 1.82) is 0 Å². The van der Waals surface area contributed by atoms with Crippen molar-refractivity contribution < 1.29 is 9.63 Å². The second kappa shape index (κ2) is 5.32. The van der Waals surface area contributed by atoms with Crippen molar-refractivity contribution in [2.24, 2.45) is 0 Å². The van der Waals surface area contributed by atoms with Crippen LogP contribution in [0.2, 0.25) is 0 Å². The molecule has 0 radical (unpaired) electrons. The number of carbonyl (C=O) groups excluding carboxylic acids is 1. The Morgan fingerprint density at radius 1 is 1.31 bits per heavy atom. The van der Waals surface area contributed by atoms with Gasteiger partial charge in [0.05, 0.1) is 7.11 Å². The molecule has 0 spiro atoms. The predicted molar refractivity (Wildman–Crippen MR) is 52.4 cm³/mol. The van der Waals surface area contributed by atoms with Crippen molar-refractivity contribution in [3.8, 4) is 0 Å². The third-order valence-corrected chi connectivity index (χ3v) is 1.51. The maximum absolute atomic E-state index is 11.1. The summed E-state index contributed by atoms with van der Waals surface area (Å²) in [5, 5.41) is 0. The maximum atomic E-state index is 11.1. The largest absolute Gasteiger partial charge is 0.277 e. The highest BCUT2D eigenvalue weighted by molar-refractivity contribution is 5.93. The fourth-order valence-electron chi connectivity index (χ4n) is 0.857. The van der Waals surface area contributed by atoms with Crippen LogP contribution in [0, 0.1) is 6.92 Å². The molecule has 1 amide bonds. The van der Waals surface area contributed by atoms with Gasteiger partial charge in [-0.25, -0.2) is 5.48 Å². The first-order chi connectivity index (χ1) is 5.74. The summed E-state index contributed by atoms with van der Waals surface area (Å²) in [5.74, 6) is -0.225. The van der Waals surface area contributed by atoms with Gasteiger partial charge in [-0.3, -0.25) is 9.63 Å². The van der Waals surface area contributed by atoms with Crippen molar-refractivity contribution in [3.05, 3.63) is 35.4 Å². The summed E-state index contributed by atoms with van der Waals surface area (Å²) in [7, 11) is 1.41. The number of rotatable bonds is 2. The van der Waals surface area contributed by atoms with Gasteiger partial charge in [-0.15, -0.1) is 0 Å². The van der Waals surface area contributed by atoms with E-state index in [2.05, 4.69) is 10.3 Å². The number of aryl methyl sites for hydroxylation is 1. The summed E-state index contributed by atoms with van der Waals surface area (Å²) in [5.41, 5.74) is 3.97. The highest BCUT2D eigenvalue weighted by atomic mass is 16.6. The molecule has 0 saturated carbocycles. The summed E-state index contributed by atoms with van der Waals surface area (Å²) < 4.78 is 0. The number of hydrogen-bond donors (Lipinski definition) is 1. The number of hydroxylamine groups is 1. The van der Waals surface area contributed by atoms with E-state index in [1.54, 1.807) is 12.1 Å². The molecule has 0 aliphatic heterocycles. The third kappa shape index (κ3) is 3.25. The zero-order chi connectivity index (χ0) is 8.97. The first-order valence-corrected chi connectivity index (χ1v) is 3.64. The average Bonchev–Trinajstić information content (AvgIpc) is 2.06. The van der Waals surface area contributed by atoms with Crippen LogP contribution >= 0.6 is 0 Å². The lowest BCUT2D eigenvalue weighted by Crippen LogP contribution is -2.21. The number of carbonyl (C=O) groups is 1. The minimum atomic E-state index is -0.225. The van der Waals surface area contributed by atoms with Crippen molar-refractivity contribution >= 4 is 5.91 Å². The van der Waals surface area contributed by atoms with Gasteiger partial charge in [-0.2, -0.15) is 0 Å². The number of nitrogens with one attached hydrogen (secondary N) is 1. The van der Waals surface area contributed by atoms with Gasteiger partial charge >= 0.3 is 0 Å². The molecule has 0 heterocycles. The Morgan fingerprint density at radius 2 is 1.85 bits per heavy atom. The molecule has 13 heavy (non-hydrogen) atoms. The van der Waals surface area contributed by atoms with Crippen LogP contribution in [-0.4, -0.2) is 13.0 Å². The molecule has 0 unspecified atom stereocenters. The van der Waals surface area contributed by atoms with Crippen LogP contribution in [-0.2, 0) is 4.84 Å². The molecule has 0 atom stereocenters. The lowest BCUT2D eigenvalue weighted by molar-refractivity contribution is 0.0537. The fourth-order valence-corrected chi connectivity index (χ4v) is 0.857. The summed E-state index contributed by atoms with van der Waals surface area (Å²) in [6.07, 6.45) is 0.